The third-order valence-corrected chi connectivity index (χ3v) is 6.26. The minimum absolute atomic E-state index is 0.143. The fourth-order valence-electron chi connectivity index (χ4n) is 3.45. The number of benzene rings is 3. The Morgan fingerprint density at radius 2 is 1.74 bits per heavy atom. The standard InChI is InChI=1S/C26H25FN4O2S/c1-33-22-13-11-20(12-14-22)25-29-30-26(31(25)16-15-19-7-3-2-4-8-19)34-18-24(32)28-17-21-9-5-6-10-23(21)27/h2-14H,15-18H2,1H3,(H,28,32). The lowest BCUT2D eigenvalue weighted by molar-refractivity contribution is -0.118. The Morgan fingerprint density at radius 3 is 2.47 bits per heavy atom. The summed E-state index contributed by atoms with van der Waals surface area (Å²) in [7, 11) is 1.63. The van der Waals surface area contributed by atoms with Gasteiger partial charge in [-0.2, -0.15) is 0 Å². The van der Waals surface area contributed by atoms with Gasteiger partial charge in [0.1, 0.15) is 11.6 Å². The molecule has 0 spiro atoms. The average Bonchev–Trinajstić information content (AvgIpc) is 3.29. The number of nitrogens with one attached hydrogen (secondary N) is 1. The molecule has 4 rings (SSSR count). The molecule has 4 aromatic rings. The van der Waals surface area contributed by atoms with Crippen molar-refractivity contribution in [3.05, 3.63) is 95.8 Å². The second-order valence-corrected chi connectivity index (χ2v) is 8.52. The highest BCUT2D eigenvalue weighted by Gasteiger charge is 2.16. The molecule has 1 aromatic heterocycles. The van der Waals surface area contributed by atoms with Crippen molar-refractivity contribution in [3.63, 3.8) is 0 Å². The molecule has 0 radical (unpaired) electrons. The van der Waals surface area contributed by atoms with Crippen LogP contribution >= 0.6 is 11.8 Å². The zero-order valence-electron chi connectivity index (χ0n) is 18.8. The number of nitrogens with zero attached hydrogens (tertiary/aromatic N) is 3. The third kappa shape index (κ3) is 6.02. The first-order chi connectivity index (χ1) is 16.6. The van der Waals surface area contributed by atoms with Crippen LogP contribution in [0.4, 0.5) is 4.39 Å². The smallest absolute Gasteiger partial charge is 0.230 e. The normalized spacial score (nSPS) is 10.8. The first-order valence-electron chi connectivity index (χ1n) is 10.9. The highest BCUT2D eigenvalue weighted by Crippen LogP contribution is 2.26. The molecule has 0 aliphatic heterocycles. The van der Waals surface area contributed by atoms with E-state index < -0.39 is 0 Å². The largest absolute Gasteiger partial charge is 0.497 e. The summed E-state index contributed by atoms with van der Waals surface area (Å²) in [6.45, 7) is 0.807. The molecule has 0 saturated heterocycles. The molecule has 3 aromatic carbocycles. The topological polar surface area (TPSA) is 69.0 Å². The number of hydrogen-bond acceptors (Lipinski definition) is 5. The maximum absolute atomic E-state index is 13.8. The highest BCUT2D eigenvalue weighted by molar-refractivity contribution is 7.99. The zero-order chi connectivity index (χ0) is 23.8. The van der Waals surface area contributed by atoms with Crippen LogP contribution in [0.5, 0.6) is 5.75 Å². The maximum atomic E-state index is 13.8. The molecule has 0 aliphatic rings. The molecule has 1 N–H and O–H groups in total. The molecule has 6 nitrogen and oxygen atoms in total. The Bertz CT molecular complexity index is 1230. The Labute approximate surface area is 202 Å². The molecule has 0 aliphatic carbocycles. The van der Waals surface area contributed by atoms with Crippen LogP contribution in [0.2, 0.25) is 0 Å². The molecule has 8 heteroatoms. The Balaban J connectivity index is 1.47. The molecule has 0 bridgehead atoms. The van der Waals surface area contributed by atoms with Crippen LogP contribution in [0.1, 0.15) is 11.1 Å². The van der Waals surface area contributed by atoms with Crippen LogP contribution in [-0.2, 0) is 24.3 Å². The van der Waals surface area contributed by atoms with E-state index in [0.29, 0.717) is 17.3 Å². The van der Waals surface area contributed by atoms with Gasteiger partial charge in [0.05, 0.1) is 12.9 Å². The number of hydrogen-bond donors (Lipinski definition) is 1. The number of thioether (sulfide) groups is 1. The van der Waals surface area contributed by atoms with Gasteiger partial charge in [-0.05, 0) is 42.3 Å². The number of rotatable bonds is 10. The van der Waals surface area contributed by atoms with Crippen molar-refractivity contribution in [1.82, 2.24) is 20.1 Å². The van der Waals surface area contributed by atoms with Crippen LogP contribution in [0.3, 0.4) is 0 Å². The van der Waals surface area contributed by atoms with Gasteiger partial charge >= 0.3 is 0 Å². The molecule has 0 fully saturated rings. The van der Waals surface area contributed by atoms with Gasteiger partial charge in [0.25, 0.3) is 0 Å². The van der Waals surface area contributed by atoms with E-state index in [1.54, 1.807) is 25.3 Å². The third-order valence-electron chi connectivity index (χ3n) is 5.30. The van der Waals surface area contributed by atoms with E-state index in [0.717, 1.165) is 23.6 Å². The molecule has 1 heterocycles. The van der Waals surface area contributed by atoms with Crippen molar-refractivity contribution in [1.29, 1.82) is 0 Å². The lowest BCUT2D eigenvalue weighted by Gasteiger charge is -2.11. The van der Waals surface area contributed by atoms with E-state index in [1.165, 1.54) is 23.4 Å². The second kappa shape index (κ2) is 11.5. The van der Waals surface area contributed by atoms with Crippen molar-refractivity contribution in [2.45, 2.75) is 24.7 Å². The maximum Gasteiger partial charge on any atom is 0.230 e. The van der Waals surface area contributed by atoms with Crippen LogP contribution < -0.4 is 10.1 Å². The monoisotopic (exact) mass is 476 g/mol. The Kier molecular flexibility index (Phi) is 7.93. The molecule has 34 heavy (non-hydrogen) atoms. The number of aryl methyl sites for hydroxylation is 1. The Hall–Kier alpha value is -3.65. The van der Waals surface area contributed by atoms with Crippen LogP contribution in [0.25, 0.3) is 11.4 Å². The predicted octanol–water partition coefficient (Wildman–Crippen LogP) is 4.74. The SMILES string of the molecule is COc1ccc(-c2nnc(SCC(=O)NCc3ccccc3F)n2CCc2ccccc2)cc1. The number of methoxy groups -OCH3 is 1. The van der Waals surface area contributed by atoms with E-state index in [9.17, 15) is 9.18 Å². The minimum atomic E-state index is -0.333. The molecule has 0 unspecified atom stereocenters. The van der Waals surface area contributed by atoms with Gasteiger partial charge in [0, 0.05) is 24.2 Å². The molecular weight excluding hydrogens is 451 g/mol. The summed E-state index contributed by atoms with van der Waals surface area (Å²) in [5.41, 5.74) is 2.57. The number of ether oxygens (including phenoxy) is 1. The fraction of sp³-hybridized carbons (Fsp3) is 0.192. The van der Waals surface area contributed by atoms with Crippen molar-refractivity contribution in [2.24, 2.45) is 0 Å². The summed E-state index contributed by atoms with van der Waals surface area (Å²) in [4.78, 5) is 12.4. The van der Waals surface area contributed by atoms with E-state index in [4.69, 9.17) is 4.74 Å². The first-order valence-corrected chi connectivity index (χ1v) is 11.9. The van der Waals surface area contributed by atoms with Gasteiger partial charge in [-0.3, -0.25) is 4.79 Å². The quantitative estimate of drug-likeness (QED) is 0.335. The molecular formula is C26H25FN4O2S. The average molecular weight is 477 g/mol. The van der Waals surface area contributed by atoms with Crippen LogP contribution in [-0.4, -0.2) is 33.5 Å². The van der Waals surface area contributed by atoms with Crippen molar-refractivity contribution in [2.75, 3.05) is 12.9 Å². The van der Waals surface area contributed by atoms with Gasteiger partial charge in [-0.25, -0.2) is 4.39 Å². The molecule has 0 saturated carbocycles. The van der Waals surface area contributed by atoms with Gasteiger partial charge in [-0.1, -0.05) is 60.3 Å². The second-order valence-electron chi connectivity index (χ2n) is 7.58. The van der Waals surface area contributed by atoms with E-state index in [1.807, 2.05) is 47.0 Å². The minimum Gasteiger partial charge on any atom is -0.497 e. The first kappa shape index (κ1) is 23.5. The molecule has 0 atom stereocenters. The summed E-state index contributed by atoms with van der Waals surface area (Å²) in [6, 6.07) is 24.2. The summed E-state index contributed by atoms with van der Waals surface area (Å²) >= 11 is 1.31. The van der Waals surface area contributed by atoms with Gasteiger partial charge in [0.15, 0.2) is 11.0 Å². The lowest BCUT2D eigenvalue weighted by atomic mass is 10.1. The van der Waals surface area contributed by atoms with E-state index in [2.05, 4.69) is 27.6 Å². The summed E-state index contributed by atoms with van der Waals surface area (Å²) in [6.07, 6.45) is 0.801. The van der Waals surface area contributed by atoms with Gasteiger partial charge < -0.3 is 14.6 Å². The zero-order valence-corrected chi connectivity index (χ0v) is 19.6. The van der Waals surface area contributed by atoms with Crippen molar-refractivity contribution >= 4 is 17.7 Å². The number of carbonyl (C=O) groups is 1. The number of aromatic nitrogens is 3. The lowest BCUT2D eigenvalue weighted by Crippen LogP contribution is -2.25. The van der Waals surface area contributed by atoms with Crippen molar-refractivity contribution < 1.29 is 13.9 Å². The van der Waals surface area contributed by atoms with E-state index >= 15 is 0 Å². The van der Waals surface area contributed by atoms with Crippen molar-refractivity contribution in [3.8, 4) is 17.1 Å². The predicted molar refractivity (Wildman–Crippen MR) is 131 cm³/mol. The Morgan fingerprint density at radius 1 is 1.00 bits per heavy atom. The highest BCUT2D eigenvalue weighted by atomic mass is 32.2. The van der Waals surface area contributed by atoms with Gasteiger partial charge in [0.2, 0.25) is 5.91 Å². The summed E-state index contributed by atoms with van der Waals surface area (Å²) < 4.78 is 21.1. The fourth-order valence-corrected chi connectivity index (χ4v) is 4.25. The van der Waals surface area contributed by atoms with Crippen LogP contribution in [0.15, 0.2) is 84.0 Å². The molecule has 1 amide bonds. The van der Waals surface area contributed by atoms with Gasteiger partial charge in [-0.15, -0.1) is 10.2 Å². The summed E-state index contributed by atoms with van der Waals surface area (Å²) in [5.74, 6) is 1.12. The summed E-state index contributed by atoms with van der Waals surface area (Å²) in [5, 5.41) is 12.2. The number of halogens is 1. The van der Waals surface area contributed by atoms with Crippen LogP contribution in [0, 0.1) is 5.82 Å². The number of carbonyl (C=O) groups excluding carboxylic acids is 1. The number of amides is 1. The van der Waals surface area contributed by atoms with E-state index in [-0.39, 0.29) is 24.0 Å². The molecule has 174 valence electrons.